The molecule has 0 bridgehead atoms. The molecule has 0 atom stereocenters. The monoisotopic (exact) mass is 280 g/mol. The molecule has 0 spiro atoms. The number of hydrogen-bond acceptors (Lipinski definition) is 3. The fourth-order valence-electron chi connectivity index (χ4n) is 2.53. The Kier molecular flexibility index (Phi) is 3.60. The molecule has 0 saturated carbocycles. The van der Waals surface area contributed by atoms with Crippen LogP contribution in [0.5, 0.6) is 0 Å². The van der Waals surface area contributed by atoms with Crippen LogP contribution >= 0.6 is 0 Å². The lowest BCUT2D eigenvalue weighted by Gasteiger charge is -2.20. The third kappa shape index (κ3) is 2.61. The highest BCUT2D eigenvalue weighted by Gasteiger charge is 2.06. The van der Waals surface area contributed by atoms with E-state index in [2.05, 4.69) is 72.3 Å². The number of nitrogens with zero attached hydrogens (tertiary/aromatic N) is 4. The summed E-state index contributed by atoms with van der Waals surface area (Å²) in [7, 11) is 0. The van der Waals surface area contributed by atoms with Crippen molar-refractivity contribution in [3.63, 3.8) is 0 Å². The zero-order valence-corrected chi connectivity index (χ0v) is 12.7. The van der Waals surface area contributed by atoms with Crippen LogP contribution in [0.15, 0.2) is 42.5 Å². The molecule has 1 heterocycles. The van der Waals surface area contributed by atoms with E-state index in [1.165, 1.54) is 11.3 Å². The van der Waals surface area contributed by atoms with Crippen molar-refractivity contribution in [2.75, 3.05) is 18.0 Å². The van der Waals surface area contributed by atoms with Crippen molar-refractivity contribution in [1.29, 1.82) is 0 Å². The van der Waals surface area contributed by atoms with Gasteiger partial charge in [0.2, 0.25) is 0 Å². The molecule has 2 aromatic carbocycles. The summed E-state index contributed by atoms with van der Waals surface area (Å²) >= 11 is 0. The summed E-state index contributed by atoms with van der Waals surface area (Å²) < 4.78 is 0. The standard InChI is InChI=1S/C17H20N4/c1-4-20(5-2)14-7-9-15(10-8-14)21-18-16-11-6-13(3)12-17(16)19-21/h6-12H,4-5H2,1-3H3. The lowest BCUT2D eigenvalue weighted by Crippen LogP contribution is -2.21. The van der Waals surface area contributed by atoms with Gasteiger partial charge in [0.15, 0.2) is 0 Å². The molecule has 0 fully saturated rings. The first-order chi connectivity index (χ1) is 10.2. The number of anilines is 1. The maximum Gasteiger partial charge on any atom is 0.113 e. The second-order valence-corrected chi connectivity index (χ2v) is 5.17. The predicted molar refractivity (Wildman–Crippen MR) is 87.2 cm³/mol. The van der Waals surface area contributed by atoms with Crippen LogP contribution in [0.2, 0.25) is 0 Å². The number of fused-ring (bicyclic) bond motifs is 1. The van der Waals surface area contributed by atoms with Gasteiger partial charge in [-0.1, -0.05) is 6.07 Å². The highest BCUT2D eigenvalue weighted by atomic mass is 15.5. The lowest BCUT2D eigenvalue weighted by molar-refractivity contribution is 0.765. The molecule has 108 valence electrons. The molecule has 0 aliphatic rings. The number of rotatable bonds is 4. The third-order valence-electron chi connectivity index (χ3n) is 3.75. The van der Waals surface area contributed by atoms with Crippen molar-refractivity contribution < 1.29 is 0 Å². The molecule has 21 heavy (non-hydrogen) atoms. The van der Waals surface area contributed by atoms with E-state index >= 15 is 0 Å². The Bertz CT molecular complexity index is 739. The van der Waals surface area contributed by atoms with Crippen LogP contribution in [0.1, 0.15) is 19.4 Å². The van der Waals surface area contributed by atoms with Gasteiger partial charge in [-0.05, 0) is 62.7 Å². The van der Waals surface area contributed by atoms with E-state index in [0.717, 1.165) is 29.8 Å². The topological polar surface area (TPSA) is 34.0 Å². The molecule has 4 nitrogen and oxygen atoms in total. The largest absolute Gasteiger partial charge is 0.372 e. The first-order valence-corrected chi connectivity index (χ1v) is 7.40. The molecule has 3 aromatic rings. The fourth-order valence-corrected chi connectivity index (χ4v) is 2.53. The molecule has 0 aliphatic carbocycles. The minimum atomic E-state index is 0.924. The van der Waals surface area contributed by atoms with Gasteiger partial charge >= 0.3 is 0 Å². The quantitative estimate of drug-likeness (QED) is 0.732. The Labute approximate surface area is 125 Å². The van der Waals surface area contributed by atoms with Crippen molar-refractivity contribution >= 4 is 16.7 Å². The summed E-state index contributed by atoms with van der Waals surface area (Å²) in [6.45, 7) is 8.43. The molecule has 0 saturated heterocycles. The highest BCUT2D eigenvalue weighted by molar-refractivity contribution is 5.74. The Morgan fingerprint density at radius 1 is 0.905 bits per heavy atom. The molecule has 0 N–H and O–H groups in total. The third-order valence-corrected chi connectivity index (χ3v) is 3.75. The summed E-state index contributed by atoms with van der Waals surface area (Å²) in [5.74, 6) is 0. The summed E-state index contributed by atoms with van der Waals surface area (Å²) in [5.41, 5.74) is 5.28. The number of benzene rings is 2. The SMILES string of the molecule is CCN(CC)c1ccc(-n2nc3ccc(C)cc3n2)cc1. The average Bonchev–Trinajstić information content (AvgIpc) is 2.92. The number of aryl methyl sites for hydroxylation is 1. The van der Waals surface area contributed by atoms with Gasteiger partial charge < -0.3 is 4.90 Å². The van der Waals surface area contributed by atoms with Crippen molar-refractivity contribution in [2.45, 2.75) is 20.8 Å². The molecule has 4 heteroatoms. The maximum absolute atomic E-state index is 4.55. The zero-order chi connectivity index (χ0) is 14.8. The Hall–Kier alpha value is -2.36. The van der Waals surface area contributed by atoms with E-state index in [1.54, 1.807) is 4.80 Å². The molecule has 3 rings (SSSR count). The van der Waals surface area contributed by atoms with Crippen molar-refractivity contribution in [1.82, 2.24) is 15.0 Å². The van der Waals surface area contributed by atoms with Gasteiger partial charge in [0, 0.05) is 18.8 Å². The van der Waals surface area contributed by atoms with Gasteiger partial charge in [-0.3, -0.25) is 0 Å². The van der Waals surface area contributed by atoms with Crippen molar-refractivity contribution in [2.24, 2.45) is 0 Å². The van der Waals surface area contributed by atoms with Crippen LogP contribution in [0, 0.1) is 6.92 Å². The van der Waals surface area contributed by atoms with E-state index in [9.17, 15) is 0 Å². The first kappa shape index (κ1) is 13.6. The van der Waals surface area contributed by atoms with Crippen molar-refractivity contribution in [3.8, 4) is 5.69 Å². The van der Waals surface area contributed by atoms with Crippen LogP contribution in [0.3, 0.4) is 0 Å². The zero-order valence-electron chi connectivity index (χ0n) is 12.7. The first-order valence-electron chi connectivity index (χ1n) is 7.40. The lowest BCUT2D eigenvalue weighted by atomic mass is 10.2. The smallest absolute Gasteiger partial charge is 0.113 e. The Balaban J connectivity index is 1.95. The van der Waals surface area contributed by atoms with Gasteiger partial charge in [0.1, 0.15) is 11.0 Å². The summed E-state index contributed by atoms with van der Waals surface area (Å²) in [5, 5.41) is 9.08. The molecule has 0 radical (unpaired) electrons. The van der Waals surface area contributed by atoms with E-state index < -0.39 is 0 Å². The van der Waals surface area contributed by atoms with E-state index in [1.807, 2.05) is 6.07 Å². The van der Waals surface area contributed by atoms with Crippen LogP contribution < -0.4 is 4.90 Å². The Morgan fingerprint density at radius 3 is 2.24 bits per heavy atom. The summed E-state index contributed by atoms with van der Waals surface area (Å²) in [6, 6.07) is 14.5. The minimum Gasteiger partial charge on any atom is -0.372 e. The van der Waals surface area contributed by atoms with Gasteiger partial charge in [0.05, 0.1) is 5.69 Å². The summed E-state index contributed by atoms with van der Waals surface area (Å²) in [4.78, 5) is 4.02. The van der Waals surface area contributed by atoms with Gasteiger partial charge in [-0.25, -0.2) is 0 Å². The van der Waals surface area contributed by atoms with Gasteiger partial charge in [-0.2, -0.15) is 4.80 Å². The van der Waals surface area contributed by atoms with E-state index in [0.29, 0.717) is 0 Å². The number of aromatic nitrogens is 3. The van der Waals surface area contributed by atoms with Crippen LogP contribution in [-0.2, 0) is 0 Å². The predicted octanol–water partition coefficient (Wildman–Crippen LogP) is 3.58. The molecule has 1 aromatic heterocycles. The normalized spacial score (nSPS) is 11.0. The molecule has 0 amide bonds. The molecular weight excluding hydrogens is 260 g/mol. The molecular formula is C17H20N4. The van der Waals surface area contributed by atoms with Crippen LogP contribution in [0.25, 0.3) is 16.7 Å². The van der Waals surface area contributed by atoms with Gasteiger partial charge in [0.25, 0.3) is 0 Å². The molecule has 0 unspecified atom stereocenters. The fraction of sp³-hybridized carbons (Fsp3) is 0.294. The van der Waals surface area contributed by atoms with E-state index in [-0.39, 0.29) is 0 Å². The van der Waals surface area contributed by atoms with E-state index in [4.69, 9.17) is 0 Å². The minimum absolute atomic E-state index is 0.924. The highest BCUT2D eigenvalue weighted by Crippen LogP contribution is 2.18. The number of hydrogen-bond donors (Lipinski definition) is 0. The van der Waals surface area contributed by atoms with Crippen LogP contribution in [0.4, 0.5) is 5.69 Å². The van der Waals surface area contributed by atoms with Crippen molar-refractivity contribution in [3.05, 3.63) is 48.0 Å². The average molecular weight is 280 g/mol. The molecule has 0 aliphatic heterocycles. The van der Waals surface area contributed by atoms with Gasteiger partial charge in [-0.15, -0.1) is 10.2 Å². The maximum atomic E-state index is 4.55. The summed E-state index contributed by atoms with van der Waals surface area (Å²) in [6.07, 6.45) is 0. The Morgan fingerprint density at radius 2 is 1.57 bits per heavy atom. The van der Waals surface area contributed by atoms with Crippen LogP contribution in [-0.4, -0.2) is 28.1 Å². The second kappa shape index (κ2) is 5.56. The second-order valence-electron chi connectivity index (χ2n) is 5.17.